The number of nitrogens with one attached hydrogen (secondary N) is 1. The summed E-state index contributed by atoms with van der Waals surface area (Å²) >= 11 is 0. The predicted molar refractivity (Wildman–Crippen MR) is 77.9 cm³/mol. The molecule has 1 aliphatic heterocycles. The molecule has 5 nitrogen and oxygen atoms in total. The van der Waals surface area contributed by atoms with E-state index in [1.807, 2.05) is 30.3 Å². The molecule has 2 aromatic rings. The Balaban J connectivity index is 2.09. The highest BCUT2D eigenvalue weighted by Crippen LogP contribution is 2.31. The summed E-state index contributed by atoms with van der Waals surface area (Å²) in [5, 5.41) is 12.5. The number of rotatable bonds is 3. The fourth-order valence-electron chi connectivity index (χ4n) is 2.37. The molecule has 21 heavy (non-hydrogen) atoms. The first-order chi connectivity index (χ1) is 10.2. The van der Waals surface area contributed by atoms with Gasteiger partial charge in [-0.2, -0.15) is 0 Å². The van der Waals surface area contributed by atoms with Gasteiger partial charge in [0.05, 0.1) is 11.8 Å². The Morgan fingerprint density at radius 1 is 1.24 bits per heavy atom. The van der Waals surface area contributed by atoms with Gasteiger partial charge in [-0.3, -0.25) is 4.99 Å². The van der Waals surface area contributed by atoms with Crippen LogP contribution in [0.4, 0.5) is 0 Å². The SMILES string of the molecule is CC1=C(C(=O)O)C(c2ccccc2)N=C(c2ccco2)N1. The number of furan rings is 1. The first kappa shape index (κ1) is 13.2. The minimum Gasteiger partial charge on any atom is -0.478 e. The Bertz CT molecular complexity index is 715. The predicted octanol–water partition coefficient (Wildman–Crippen LogP) is 2.73. The summed E-state index contributed by atoms with van der Waals surface area (Å²) in [4.78, 5) is 16.1. The van der Waals surface area contributed by atoms with Crippen LogP contribution in [-0.4, -0.2) is 16.9 Å². The van der Waals surface area contributed by atoms with E-state index in [1.54, 1.807) is 25.3 Å². The summed E-state index contributed by atoms with van der Waals surface area (Å²) in [5.41, 5.74) is 1.65. The Morgan fingerprint density at radius 3 is 2.62 bits per heavy atom. The molecule has 5 heteroatoms. The van der Waals surface area contributed by atoms with Crippen molar-refractivity contribution >= 4 is 11.8 Å². The second kappa shape index (κ2) is 5.28. The molecule has 0 aliphatic carbocycles. The highest BCUT2D eigenvalue weighted by molar-refractivity contribution is 6.01. The fourth-order valence-corrected chi connectivity index (χ4v) is 2.37. The summed E-state index contributed by atoms with van der Waals surface area (Å²) < 4.78 is 5.34. The van der Waals surface area contributed by atoms with Gasteiger partial charge in [0.15, 0.2) is 11.6 Å². The molecule has 0 fully saturated rings. The van der Waals surface area contributed by atoms with Crippen molar-refractivity contribution in [3.63, 3.8) is 0 Å². The van der Waals surface area contributed by atoms with Gasteiger partial charge >= 0.3 is 5.97 Å². The van der Waals surface area contributed by atoms with Crippen LogP contribution in [0.15, 0.2) is 69.4 Å². The van der Waals surface area contributed by atoms with Gasteiger partial charge in [0.2, 0.25) is 0 Å². The van der Waals surface area contributed by atoms with Crippen molar-refractivity contribution in [2.45, 2.75) is 13.0 Å². The zero-order valence-electron chi connectivity index (χ0n) is 11.4. The number of allylic oxidation sites excluding steroid dienone is 1. The quantitative estimate of drug-likeness (QED) is 0.907. The Morgan fingerprint density at radius 2 is 2.00 bits per heavy atom. The topological polar surface area (TPSA) is 74.8 Å². The lowest BCUT2D eigenvalue weighted by Gasteiger charge is -2.24. The molecular weight excluding hydrogens is 268 g/mol. The van der Waals surface area contributed by atoms with Crippen molar-refractivity contribution in [3.05, 3.63) is 71.3 Å². The van der Waals surface area contributed by atoms with Crippen molar-refractivity contribution < 1.29 is 14.3 Å². The van der Waals surface area contributed by atoms with Crippen molar-refractivity contribution in [3.8, 4) is 0 Å². The number of aliphatic imine (C=N–C) groups is 1. The van der Waals surface area contributed by atoms with E-state index in [0.29, 0.717) is 17.3 Å². The average Bonchev–Trinajstić information content (AvgIpc) is 3.01. The minimum atomic E-state index is -0.976. The maximum atomic E-state index is 11.6. The van der Waals surface area contributed by atoms with Crippen molar-refractivity contribution in [2.75, 3.05) is 0 Å². The highest BCUT2D eigenvalue weighted by atomic mass is 16.4. The lowest BCUT2D eigenvalue weighted by atomic mass is 9.96. The van der Waals surface area contributed by atoms with Crippen LogP contribution < -0.4 is 5.32 Å². The molecule has 0 saturated carbocycles. The lowest BCUT2D eigenvalue weighted by Crippen LogP contribution is -2.31. The normalized spacial score (nSPS) is 18.1. The summed E-state index contributed by atoms with van der Waals surface area (Å²) in [6, 6.07) is 12.4. The third kappa shape index (κ3) is 2.45. The second-order valence-corrected chi connectivity index (χ2v) is 4.74. The molecule has 0 saturated heterocycles. The number of amidine groups is 1. The van der Waals surface area contributed by atoms with E-state index in [9.17, 15) is 9.90 Å². The maximum Gasteiger partial charge on any atom is 0.335 e. The lowest BCUT2D eigenvalue weighted by molar-refractivity contribution is -0.133. The molecule has 0 amide bonds. The van der Waals surface area contributed by atoms with Crippen LogP contribution in [0.1, 0.15) is 24.3 Å². The zero-order chi connectivity index (χ0) is 14.8. The van der Waals surface area contributed by atoms with E-state index in [1.165, 1.54) is 0 Å². The molecule has 0 bridgehead atoms. The molecule has 1 aromatic heterocycles. The standard InChI is InChI=1S/C16H14N2O3/c1-10-13(16(19)20)14(11-6-3-2-4-7-11)18-15(17-10)12-8-5-9-21-12/h2-9,14H,1H3,(H,17,18)(H,19,20). The first-order valence-corrected chi connectivity index (χ1v) is 6.54. The second-order valence-electron chi connectivity index (χ2n) is 4.74. The summed E-state index contributed by atoms with van der Waals surface area (Å²) in [5.74, 6) is 0.146. The Kier molecular flexibility index (Phi) is 3.31. The van der Waals surface area contributed by atoms with Crippen molar-refractivity contribution in [1.82, 2.24) is 5.32 Å². The van der Waals surface area contributed by atoms with E-state index in [4.69, 9.17) is 4.42 Å². The number of benzene rings is 1. The third-order valence-electron chi connectivity index (χ3n) is 3.34. The molecule has 1 aliphatic rings. The van der Waals surface area contributed by atoms with Crippen LogP contribution in [0.3, 0.4) is 0 Å². The average molecular weight is 282 g/mol. The molecule has 3 rings (SSSR count). The molecular formula is C16H14N2O3. The molecule has 1 unspecified atom stereocenters. The number of carboxylic acids is 1. The summed E-state index contributed by atoms with van der Waals surface area (Å²) in [6.45, 7) is 1.73. The van der Waals surface area contributed by atoms with Crippen LogP contribution in [0.5, 0.6) is 0 Å². The maximum absolute atomic E-state index is 11.6. The van der Waals surface area contributed by atoms with E-state index in [0.717, 1.165) is 5.56 Å². The van der Waals surface area contributed by atoms with Gasteiger partial charge in [-0.15, -0.1) is 0 Å². The molecule has 1 atom stereocenters. The van der Waals surface area contributed by atoms with Crippen LogP contribution in [0.25, 0.3) is 0 Å². The van der Waals surface area contributed by atoms with Gasteiger partial charge in [0.1, 0.15) is 6.04 Å². The van der Waals surface area contributed by atoms with E-state index < -0.39 is 12.0 Å². The van der Waals surface area contributed by atoms with E-state index in [2.05, 4.69) is 10.3 Å². The van der Waals surface area contributed by atoms with E-state index >= 15 is 0 Å². The number of aliphatic carboxylic acids is 1. The number of hydrogen-bond donors (Lipinski definition) is 2. The van der Waals surface area contributed by atoms with Crippen LogP contribution in [0, 0.1) is 0 Å². The number of nitrogens with zero attached hydrogens (tertiary/aromatic N) is 1. The van der Waals surface area contributed by atoms with Crippen molar-refractivity contribution in [2.24, 2.45) is 4.99 Å². The van der Waals surface area contributed by atoms with Crippen molar-refractivity contribution in [1.29, 1.82) is 0 Å². The minimum absolute atomic E-state index is 0.247. The monoisotopic (exact) mass is 282 g/mol. The van der Waals surface area contributed by atoms with Gasteiger partial charge in [-0.25, -0.2) is 4.79 Å². The summed E-state index contributed by atoms with van der Waals surface area (Å²) in [6.07, 6.45) is 1.56. The number of carbonyl (C=O) groups is 1. The van der Waals surface area contributed by atoms with Gasteiger partial charge < -0.3 is 14.8 Å². The highest BCUT2D eigenvalue weighted by Gasteiger charge is 2.29. The molecule has 0 spiro atoms. The molecule has 2 heterocycles. The number of carboxylic acid groups (broad SMARTS) is 1. The smallest absolute Gasteiger partial charge is 0.335 e. The number of hydrogen-bond acceptors (Lipinski definition) is 4. The molecule has 0 radical (unpaired) electrons. The third-order valence-corrected chi connectivity index (χ3v) is 3.34. The van der Waals surface area contributed by atoms with E-state index in [-0.39, 0.29) is 5.57 Å². The van der Waals surface area contributed by atoms with Crippen LogP contribution in [0.2, 0.25) is 0 Å². The van der Waals surface area contributed by atoms with Gasteiger partial charge in [-0.1, -0.05) is 30.3 Å². The van der Waals surface area contributed by atoms with Crippen LogP contribution in [-0.2, 0) is 4.79 Å². The largest absolute Gasteiger partial charge is 0.478 e. The van der Waals surface area contributed by atoms with Gasteiger partial charge in [0, 0.05) is 5.70 Å². The van der Waals surface area contributed by atoms with Gasteiger partial charge in [0.25, 0.3) is 0 Å². The van der Waals surface area contributed by atoms with Gasteiger partial charge in [-0.05, 0) is 24.6 Å². The Labute approximate surface area is 121 Å². The molecule has 106 valence electrons. The fraction of sp³-hybridized carbons (Fsp3) is 0.125. The molecule has 2 N–H and O–H groups in total. The van der Waals surface area contributed by atoms with Crippen LogP contribution >= 0.6 is 0 Å². The molecule has 1 aromatic carbocycles. The zero-order valence-corrected chi connectivity index (χ0v) is 11.4. The Hall–Kier alpha value is -2.82. The first-order valence-electron chi connectivity index (χ1n) is 6.54. The summed E-state index contributed by atoms with van der Waals surface area (Å²) in [7, 11) is 0.